The lowest BCUT2D eigenvalue weighted by molar-refractivity contribution is 0.0950. The molecule has 1 aliphatic rings. The highest BCUT2D eigenvalue weighted by atomic mass is 32.1. The maximum absolute atomic E-state index is 12.4. The Morgan fingerprint density at radius 3 is 2.79 bits per heavy atom. The molecular formula is C20H27N5O2S. The summed E-state index contributed by atoms with van der Waals surface area (Å²) in [5.74, 6) is -0.429. The summed E-state index contributed by atoms with van der Waals surface area (Å²) < 4.78 is 0. The van der Waals surface area contributed by atoms with Crippen molar-refractivity contribution in [1.82, 2.24) is 20.4 Å². The number of amides is 2. The molecule has 0 radical (unpaired) electrons. The summed E-state index contributed by atoms with van der Waals surface area (Å²) in [5.41, 5.74) is 1.10. The van der Waals surface area contributed by atoms with Gasteiger partial charge in [-0.2, -0.15) is 0 Å². The molecule has 0 spiro atoms. The van der Waals surface area contributed by atoms with E-state index in [-0.39, 0.29) is 11.8 Å². The number of rotatable bonds is 9. The molecule has 0 unspecified atom stereocenters. The Morgan fingerprint density at radius 2 is 2.00 bits per heavy atom. The van der Waals surface area contributed by atoms with Crippen LogP contribution in [0.5, 0.6) is 0 Å². The third kappa shape index (κ3) is 5.84. The van der Waals surface area contributed by atoms with Crippen molar-refractivity contribution >= 4 is 28.8 Å². The van der Waals surface area contributed by atoms with E-state index >= 15 is 0 Å². The van der Waals surface area contributed by atoms with Crippen molar-refractivity contribution in [3.63, 3.8) is 0 Å². The van der Waals surface area contributed by atoms with Gasteiger partial charge in [0.15, 0.2) is 0 Å². The Balaban J connectivity index is 1.49. The average Bonchev–Trinajstić information content (AvgIpc) is 3.38. The third-order valence-corrected chi connectivity index (χ3v) is 5.62. The Bertz CT molecular complexity index is 801. The minimum Gasteiger partial charge on any atom is -0.352 e. The zero-order chi connectivity index (χ0) is 19.8. The van der Waals surface area contributed by atoms with Gasteiger partial charge in [-0.3, -0.25) is 9.59 Å². The van der Waals surface area contributed by atoms with Gasteiger partial charge in [-0.25, -0.2) is 0 Å². The van der Waals surface area contributed by atoms with Gasteiger partial charge in [0.05, 0.1) is 0 Å². The van der Waals surface area contributed by atoms with Crippen LogP contribution < -0.4 is 10.6 Å². The van der Waals surface area contributed by atoms with Crippen molar-refractivity contribution in [2.24, 2.45) is 0 Å². The number of benzene rings is 1. The Labute approximate surface area is 169 Å². The molecule has 2 heterocycles. The van der Waals surface area contributed by atoms with Crippen LogP contribution in [0.15, 0.2) is 24.3 Å². The first-order valence-corrected chi connectivity index (χ1v) is 10.7. The molecular weight excluding hydrogens is 374 g/mol. The van der Waals surface area contributed by atoms with Crippen molar-refractivity contribution in [2.75, 3.05) is 31.5 Å². The summed E-state index contributed by atoms with van der Waals surface area (Å²) in [5, 5.41) is 14.9. The predicted octanol–water partition coefficient (Wildman–Crippen LogP) is 2.96. The quantitative estimate of drug-likeness (QED) is 0.631. The normalized spacial score (nSPS) is 14.2. The van der Waals surface area contributed by atoms with Crippen LogP contribution in [-0.2, 0) is 6.42 Å². The topological polar surface area (TPSA) is 87.2 Å². The fourth-order valence-corrected chi connectivity index (χ4v) is 4.03. The molecule has 2 aromatic rings. The van der Waals surface area contributed by atoms with Crippen LogP contribution in [0.3, 0.4) is 0 Å². The molecule has 0 aliphatic carbocycles. The van der Waals surface area contributed by atoms with E-state index in [0.717, 1.165) is 30.8 Å². The van der Waals surface area contributed by atoms with Crippen LogP contribution in [-0.4, -0.2) is 53.1 Å². The molecule has 150 valence electrons. The molecule has 1 aromatic carbocycles. The van der Waals surface area contributed by atoms with Crippen LogP contribution in [0.1, 0.15) is 57.8 Å². The number of anilines is 1. The zero-order valence-electron chi connectivity index (χ0n) is 16.2. The first kappa shape index (κ1) is 20.4. The lowest BCUT2D eigenvalue weighted by Crippen LogP contribution is -2.28. The monoisotopic (exact) mass is 401 g/mol. The van der Waals surface area contributed by atoms with E-state index in [4.69, 9.17) is 0 Å². The summed E-state index contributed by atoms with van der Waals surface area (Å²) in [4.78, 5) is 27.1. The highest BCUT2D eigenvalue weighted by Gasteiger charge is 2.14. The lowest BCUT2D eigenvalue weighted by atomic mass is 10.2. The Hall–Kier alpha value is -2.32. The summed E-state index contributed by atoms with van der Waals surface area (Å²) in [6.07, 6.45) is 5.28. The van der Waals surface area contributed by atoms with E-state index < -0.39 is 0 Å². The van der Waals surface area contributed by atoms with Crippen molar-refractivity contribution in [3.05, 3.63) is 39.8 Å². The maximum Gasteiger partial charge on any atom is 0.286 e. The number of hydrogen-bond donors (Lipinski definition) is 2. The first-order chi connectivity index (χ1) is 13.7. The van der Waals surface area contributed by atoms with Gasteiger partial charge in [0.1, 0.15) is 5.01 Å². The fraction of sp³-hybridized carbons (Fsp3) is 0.500. The van der Waals surface area contributed by atoms with Crippen molar-refractivity contribution in [3.8, 4) is 0 Å². The number of nitrogens with one attached hydrogen (secondary N) is 2. The smallest absolute Gasteiger partial charge is 0.286 e. The molecule has 1 fully saturated rings. The number of carbonyl (C=O) groups excluding carboxylic acids is 2. The zero-order valence-corrected chi connectivity index (χ0v) is 17.1. The summed E-state index contributed by atoms with van der Waals surface area (Å²) in [6, 6.07) is 6.95. The second-order valence-corrected chi connectivity index (χ2v) is 8.01. The van der Waals surface area contributed by atoms with Gasteiger partial charge in [-0.15, -0.1) is 10.2 Å². The number of aromatic nitrogens is 2. The van der Waals surface area contributed by atoms with E-state index in [1.807, 2.05) is 0 Å². The molecule has 1 aromatic heterocycles. The molecule has 3 rings (SSSR count). The second-order valence-electron chi connectivity index (χ2n) is 6.94. The van der Waals surface area contributed by atoms with Gasteiger partial charge in [0.2, 0.25) is 5.01 Å². The minimum atomic E-state index is -0.303. The SMILES string of the molecule is CCCc1nnc(C(=O)Nc2cccc(C(=O)NCCCN3CCCC3)c2)s1. The van der Waals surface area contributed by atoms with Crippen molar-refractivity contribution < 1.29 is 9.59 Å². The molecule has 2 N–H and O–H groups in total. The van der Waals surface area contributed by atoms with Gasteiger partial charge < -0.3 is 15.5 Å². The molecule has 2 amide bonds. The third-order valence-electron chi connectivity index (χ3n) is 4.64. The minimum absolute atomic E-state index is 0.126. The first-order valence-electron chi connectivity index (χ1n) is 9.90. The standard InChI is InChI=1S/C20H27N5O2S/c1-2-7-17-23-24-20(28-17)19(27)22-16-9-5-8-15(14-16)18(26)21-10-6-13-25-11-3-4-12-25/h5,8-9,14H,2-4,6-7,10-13H2,1H3,(H,21,26)(H,22,27). The van der Waals surface area contributed by atoms with E-state index in [1.165, 1.54) is 37.3 Å². The van der Waals surface area contributed by atoms with Crippen molar-refractivity contribution in [2.45, 2.75) is 39.0 Å². The van der Waals surface area contributed by atoms with Crippen molar-refractivity contribution in [1.29, 1.82) is 0 Å². The van der Waals surface area contributed by atoms with Crippen LogP contribution in [0, 0.1) is 0 Å². The van der Waals surface area contributed by atoms with Gasteiger partial charge in [0.25, 0.3) is 11.8 Å². The molecule has 0 saturated carbocycles. The molecule has 0 atom stereocenters. The summed E-state index contributed by atoms with van der Waals surface area (Å²) >= 11 is 1.30. The van der Waals surface area contributed by atoms with E-state index in [1.54, 1.807) is 24.3 Å². The van der Waals surface area contributed by atoms with Gasteiger partial charge in [0, 0.05) is 24.2 Å². The summed E-state index contributed by atoms with van der Waals surface area (Å²) in [7, 11) is 0. The fourth-order valence-electron chi connectivity index (χ4n) is 3.20. The Morgan fingerprint density at radius 1 is 1.18 bits per heavy atom. The average molecular weight is 402 g/mol. The van der Waals surface area contributed by atoms with Gasteiger partial charge >= 0.3 is 0 Å². The lowest BCUT2D eigenvalue weighted by Gasteiger charge is -2.14. The van der Waals surface area contributed by atoms with E-state index in [2.05, 4.69) is 32.7 Å². The highest BCUT2D eigenvalue weighted by molar-refractivity contribution is 7.13. The molecule has 1 aliphatic heterocycles. The number of likely N-dealkylation sites (tertiary alicyclic amines) is 1. The second kappa shape index (κ2) is 10.3. The van der Waals surface area contributed by atoms with Gasteiger partial charge in [-0.1, -0.05) is 24.3 Å². The van der Waals surface area contributed by atoms with Crippen LogP contribution >= 0.6 is 11.3 Å². The predicted molar refractivity (Wildman–Crippen MR) is 111 cm³/mol. The molecule has 7 nitrogen and oxygen atoms in total. The number of nitrogens with zero attached hydrogens (tertiary/aromatic N) is 3. The van der Waals surface area contributed by atoms with Crippen LogP contribution in [0.25, 0.3) is 0 Å². The number of aryl methyl sites for hydroxylation is 1. The molecule has 28 heavy (non-hydrogen) atoms. The molecule has 1 saturated heterocycles. The van der Waals surface area contributed by atoms with E-state index in [0.29, 0.717) is 22.8 Å². The molecule has 8 heteroatoms. The van der Waals surface area contributed by atoms with E-state index in [9.17, 15) is 9.59 Å². The molecule has 0 bridgehead atoms. The maximum atomic E-state index is 12.4. The number of hydrogen-bond acceptors (Lipinski definition) is 6. The number of carbonyl (C=O) groups is 2. The van der Waals surface area contributed by atoms with Gasteiger partial charge in [-0.05, 0) is 63.5 Å². The van der Waals surface area contributed by atoms with Crippen LogP contribution in [0.2, 0.25) is 0 Å². The Kier molecular flexibility index (Phi) is 7.50. The van der Waals surface area contributed by atoms with Crippen LogP contribution in [0.4, 0.5) is 5.69 Å². The largest absolute Gasteiger partial charge is 0.352 e. The highest BCUT2D eigenvalue weighted by Crippen LogP contribution is 2.16. The summed E-state index contributed by atoms with van der Waals surface area (Å²) in [6.45, 7) is 6.08.